The lowest BCUT2D eigenvalue weighted by Gasteiger charge is -2.11. The van der Waals surface area contributed by atoms with Gasteiger partial charge in [0.15, 0.2) is 0 Å². The van der Waals surface area contributed by atoms with Crippen molar-refractivity contribution in [2.75, 3.05) is 33.5 Å². The Labute approximate surface area is 108 Å². The molecule has 1 unspecified atom stereocenters. The molecule has 1 aromatic rings. The number of hydrogen-bond donors (Lipinski definition) is 1. The molecule has 5 nitrogen and oxygen atoms in total. The second-order valence-corrected chi connectivity index (χ2v) is 4.77. The first kappa shape index (κ1) is 13.5. The fourth-order valence-electron chi connectivity index (χ4n) is 2.22. The van der Waals surface area contributed by atoms with Crippen LogP contribution in [0.25, 0.3) is 0 Å². The molecule has 5 heteroatoms. The van der Waals surface area contributed by atoms with E-state index in [0.29, 0.717) is 0 Å². The fourth-order valence-corrected chi connectivity index (χ4v) is 2.22. The summed E-state index contributed by atoms with van der Waals surface area (Å²) in [5.41, 5.74) is 1.24. The number of aromatic nitrogens is 2. The summed E-state index contributed by atoms with van der Waals surface area (Å²) in [7, 11) is 1.72. The third-order valence-corrected chi connectivity index (χ3v) is 3.39. The smallest absolute Gasteiger partial charge is 0.0948 e. The van der Waals surface area contributed by atoms with Gasteiger partial charge in [-0.3, -0.25) is 0 Å². The van der Waals surface area contributed by atoms with Gasteiger partial charge in [0.1, 0.15) is 0 Å². The molecule has 0 bridgehead atoms. The highest BCUT2D eigenvalue weighted by Crippen LogP contribution is 2.17. The number of methoxy groups -OCH3 is 1. The van der Waals surface area contributed by atoms with E-state index in [4.69, 9.17) is 9.47 Å². The Hall–Kier alpha value is -0.910. The Morgan fingerprint density at radius 1 is 1.61 bits per heavy atom. The van der Waals surface area contributed by atoms with Crippen molar-refractivity contribution < 1.29 is 9.47 Å². The number of hydrogen-bond acceptors (Lipinski definition) is 4. The van der Waals surface area contributed by atoms with Crippen molar-refractivity contribution in [3.05, 3.63) is 18.2 Å². The van der Waals surface area contributed by atoms with Gasteiger partial charge in [0.2, 0.25) is 0 Å². The molecule has 2 heterocycles. The highest BCUT2D eigenvalue weighted by Gasteiger charge is 2.15. The van der Waals surface area contributed by atoms with E-state index in [1.165, 1.54) is 18.5 Å². The van der Waals surface area contributed by atoms with Gasteiger partial charge in [-0.15, -0.1) is 0 Å². The molecule has 18 heavy (non-hydrogen) atoms. The van der Waals surface area contributed by atoms with Crippen LogP contribution in [0.15, 0.2) is 12.5 Å². The summed E-state index contributed by atoms with van der Waals surface area (Å²) in [5.74, 6) is 0.724. The van der Waals surface area contributed by atoms with Gasteiger partial charge in [0.25, 0.3) is 0 Å². The lowest BCUT2D eigenvalue weighted by Crippen LogP contribution is -2.20. The minimum absolute atomic E-state index is 0.724. The van der Waals surface area contributed by atoms with Crippen molar-refractivity contribution in [3.63, 3.8) is 0 Å². The van der Waals surface area contributed by atoms with Crippen molar-refractivity contribution in [1.82, 2.24) is 14.9 Å². The second kappa shape index (κ2) is 7.51. The first-order valence-electron chi connectivity index (χ1n) is 6.66. The van der Waals surface area contributed by atoms with Gasteiger partial charge in [0, 0.05) is 46.2 Å². The predicted octanol–water partition coefficient (Wildman–Crippen LogP) is 1.05. The maximum Gasteiger partial charge on any atom is 0.0948 e. The molecule has 0 aliphatic carbocycles. The van der Waals surface area contributed by atoms with Crippen molar-refractivity contribution in [1.29, 1.82) is 0 Å². The molecule has 0 aromatic carbocycles. The van der Waals surface area contributed by atoms with E-state index in [2.05, 4.69) is 14.9 Å². The van der Waals surface area contributed by atoms with Gasteiger partial charge < -0.3 is 19.4 Å². The van der Waals surface area contributed by atoms with E-state index in [0.717, 1.165) is 45.4 Å². The number of imidazole rings is 1. The Balaban J connectivity index is 1.72. The second-order valence-electron chi connectivity index (χ2n) is 4.77. The van der Waals surface area contributed by atoms with Gasteiger partial charge in [-0.05, 0) is 18.8 Å². The molecule has 1 N–H and O–H groups in total. The van der Waals surface area contributed by atoms with Crippen LogP contribution in [0.2, 0.25) is 0 Å². The van der Waals surface area contributed by atoms with E-state index >= 15 is 0 Å². The largest absolute Gasteiger partial charge is 0.383 e. The average molecular weight is 253 g/mol. The lowest BCUT2D eigenvalue weighted by atomic mass is 10.1. The van der Waals surface area contributed by atoms with Crippen LogP contribution >= 0.6 is 0 Å². The molecule has 0 amide bonds. The van der Waals surface area contributed by atoms with Crippen molar-refractivity contribution in [2.45, 2.75) is 25.9 Å². The first-order valence-corrected chi connectivity index (χ1v) is 6.66. The third-order valence-electron chi connectivity index (χ3n) is 3.39. The van der Waals surface area contributed by atoms with Crippen LogP contribution in [0.3, 0.4) is 0 Å². The van der Waals surface area contributed by atoms with Crippen molar-refractivity contribution >= 4 is 0 Å². The zero-order valence-electron chi connectivity index (χ0n) is 11.1. The van der Waals surface area contributed by atoms with E-state index in [9.17, 15) is 0 Å². The molecule has 1 aliphatic rings. The third kappa shape index (κ3) is 4.08. The van der Waals surface area contributed by atoms with Crippen molar-refractivity contribution in [3.8, 4) is 0 Å². The molecule has 1 aliphatic heterocycles. The zero-order valence-corrected chi connectivity index (χ0v) is 11.1. The number of nitrogens with one attached hydrogen (secondary N) is 1. The Morgan fingerprint density at radius 2 is 2.56 bits per heavy atom. The highest BCUT2D eigenvalue weighted by atomic mass is 16.5. The molecule has 102 valence electrons. The van der Waals surface area contributed by atoms with Gasteiger partial charge >= 0.3 is 0 Å². The van der Waals surface area contributed by atoms with Crippen LogP contribution in [0.4, 0.5) is 0 Å². The summed E-state index contributed by atoms with van der Waals surface area (Å²) in [6, 6.07) is 0. The maximum absolute atomic E-state index is 5.40. The number of rotatable bonds is 8. The molecule has 0 saturated carbocycles. The maximum atomic E-state index is 5.40. The van der Waals surface area contributed by atoms with Crippen LogP contribution in [0.5, 0.6) is 0 Å². The van der Waals surface area contributed by atoms with E-state index in [1.807, 2.05) is 12.5 Å². The molecule has 1 saturated heterocycles. The minimum atomic E-state index is 0.724. The summed E-state index contributed by atoms with van der Waals surface area (Å²) in [4.78, 5) is 4.23. The predicted molar refractivity (Wildman–Crippen MR) is 69.4 cm³/mol. The molecule has 0 radical (unpaired) electrons. The molecular weight excluding hydrogens is 230 g/mol. The standard InChI is InChI=1S/C13H23N3O2/c1-17-7-4-14-8-13-9-15-11-16(13)5-2-12-3-6-18-10-12/h9,11-12,14H,2-8,10H2,1H3. The Bertz CT molecular complexity index is 335. The summed E-state index contributed by atoms with van der Waals surface area (Å²) in [6.45, 7) is 5.36. The quantitative estimate of drug-likeness (QED) is 0.703. The van der Waals surface area contributed by atoms with Crippen LogP contribution in [0, 0.1) is 5.92 Å². The molecular formula is C13H23N3O2. The first-order chi connectivity index (χ1) is 8.90. The summed E-state index contributed by atoms with van der Waals surface area (Å²) < 4.78 is 12.6. The van der Waals surface area contributed by atoms with Crippen LogP contribution in [-0.4, -0.2) is 43.0 Å². The molecule has 1 aromatic heterocycles. The Kier molecular flexibility index (Phi) is 5.64. The van der Waals surface area contributed by atoms with Crippen molar-refractivity contribution in [2.24, 2.45) is 5.92 Å². The Morgan fingerprint density at radius 3 is 3.33 bits per heavy atom. The summed E-state index contributed by atoms with van der Waals surface area (Å²) in [6.07, 6.45) is 6.24. The van der Waals surface area contributed by atoms with E-state index in [1.54, 1.807) is 7.11 Å². The number of ether oxygens (including phenoxy) is 2. The monoisotopic (exact) mass is 253 g/mol. The van der Waals surface area contributed by atoms with E-state index in [-0.39, 0.29) is 0 Å². The highest BCUT2D eigenvalue weighted by molar-refractivity contribution is 4.97. The number of nitrogens with zero attached hydrogens (tertiary/aromatic N) is 2. The average Bonchev–Trinajstić information content (AvgIpc) is 3.03. The van der Waals surface area contributed by atoms with Gasteiger partial charge in [-0.25, -0.2) is 4.98 Å². The molecule has 1 atom stereocenters. The van der Waals surface area contributed by atoms with Gasteiger partial charge in [0.05, 0.1) is 18.6 Å². The van der Waals surface area contributed by atoms with Gasteiger partial charge in [-0.1, -0.05) is 0 Å². The fraction of sp³-hybridized carbons (Fsp3) is 0.769. The molecule has 0 spiro atoms. The SMILES string of the molecule is COCCNCc1cncn1CCC1CCOC1. The van der Waals surface area contributed by atoms with Crippen LogP contribution < -0.4 is 5.32 Å². The van der Waals surface area contributed by atoms with E-state index < -0.39 is 0 Å². The molecule has 1 fully saturated rings. The number of aryl methyl sites for hydroxylation is 1. The minimum Gasteiger partial charge on any atom is -0.383 e. The zero-order chi connectivity index (χ0) is 12.6. The topological polar surface area (TPSA) is 48.3 Å². The summed E-state index contributed by atoms with van der Waals surface area (Å²) in [5, 5.41) is 3.35. The molecule has 2 rings (SSSR count). The van der Waals surface area contributed by atoms with Crippen LogP contribution in [-0.2, 0) is 22.6 Å². The lowest BCUT2D eigenvalue weighted by molar-refractivity contribution is 0.183. The van der Waals surface area contributed by atoms with Gasteiger partial charge in [-0.2, -0.15) is 0 Å². The summed E-state index contributed by atoms with van der Waals surface area (Å²) >= 11 is 0. The van der Waals surface area contributed by atoms with Crippen LogP contribution in [0.1, 0.15) is 18.5 Å². The normalized spacial score (nSPS) is 19.5.